The summed E-state index contributed by atoms with van der Waals surface area (Å²) in [6, 6.07) is 6.78. The quantitative estimate of drug-likeness (QED) is 0.889. The smallest absolute Gasteiger partial charge is 0.119 e. The number of nitrogens with one attached hydrogen (secondary N) is 1. The highest BCUT2D eigenvalue weighted by Crippen LogP contribution is 2.56. The Labute approximate surface area is 155 Å². The van der Waals surface area contributed by atoms with E-state index in [-0.39, 0.29) is 12.0 Å². The van der Waals surface area contributed by atoms with E-state index < -0.39 is 0 Å². The monoisotopic (exact) mass is 354 g/mol. The fraction of sp³-hybridized carbons (Fsp3) is 0.636. The fourth-order valence-electron chi connectivity index (χ4n) is 6.69. The van der Waals surface area contributed by atoms with Gasteiger partial charge in [-0.1, -0.05) is 20.3 Å². The van der Waals surface area contributed by atoms with Crippen LogP contribution in [0.1, 0.15) is 37.9 Å². The van der Waals surface area contributed by atoms with Crippen molar-refractivity contribution >= 4 is 10.9 Å². The second-order valence-electron chi connectivity index (χ2n) is 8.79. The lowest BCUT2D eigenvalue weighted by atomic mass is 9.53. The van der Waals surface area contributed by atoms with Crippen LogP contribution in [0.4, 0.5) is 0 Å². The molecule has 4 bridgehead atoms. The van der Waals surface area contributed by atoms with Crippen molar-refractivity contribution < 1.29 is 9.84 Å². The molecule has 4 aliphatic rings. The lowest BCUT2D eigenvalue weighted by Crippen LogP contribution is -2.68. The van der Waals surface area contributed by atoms with Crippen molar-refractivity contribution in [3.8, 4) is 5.75 Å². The van der Waals surface area contributed by atoms with Gasteiger partial charge in [0, 0.05) is 41.1 Å². The van der Waals surface area contributed by atoms with Crippen LogP contribution in [0.2, 0.25) is 0 Å². The van der Waals surface area contributed by atoms with Crippen molar-refractivity contribution in [3.05, 3.63) is 29.5 Å². The van der Waals surface area contributed by atoms with E-state index in [1.165, 1.54) is 35.1 Å². The lowest BCUT2D eigenvalue weighted by Gasteiger charge is -2.61. The summed E-state index contributed by atoms with van der Waals surface area (Å²) in [7, 11) is 1.73. The molecule has 26 heavy (non-hydrogen) atoms. The highest BCUT2D eigenvalue weighted by atomic mass is 16.5. The molecule has 0 spiro atoms. The van der Waals surface area contributed by atoms with E-state index in [1.807, 2.05) is 6.07 Å². The third kappa shape index (κ3) is 1.97. The Kier molecular flexibility index (Phi) is 3.67. The summed E-state index contributed by atoms with van der Waals surface area (Å²) >= 11 is 0. The van der Waals surface area contributed by atoms with Crippen molar-refractivity contribution in [3.63, 3.8) is 0 Å². The third-order valence-electron chi connectivity index (χ3n) is 7.89. The van der Waals surface area contributed by atoms with Crippen molar-refractivity contribution in [1.29, 1.82) is 0 Å². The summed E-state index contributed by atoms with van der Waals surface area (Å²) in [5.74, 6) is 3.02. The van der Waals surface area contributed by atoms with Gasteiger partial charge in [0.15, 0.2) is 0 Å². The van der Waals surface area contributed by atoms with Gasteiger partial charge in [-0.25, -0.2) is 0 Å². The van der Waals surface area contributed by atoms with Gasteiger partial charge in [0.25, 0.3) is 0 Å². The van der Waals surface area contributed by atoms with Gasteiger partial charge in [-0.05, 0) is 54.4 Å². The molecule has 2 saturated heterocycles. The maximum atomic E-state index is 10.7. The molecule has 6 unspecified atom stereocenters. The summed E-state index contributed by atoms with van der Waals surface area (Å²) in [6.45, 7) is 7.32. The number of aromatic nitrogens is 1. The molecule has 0 radical (unpaired) electrons. The molecule has 1 aliphatic carbocycles. The van der Waals surface area contributed by atoms with Gasteiger partial charge in [0.2, 0.25) is 0 Å². The number of hydrogen-bond acceptors (Lipinski definition) is 3. The van der Waals surface area contributed by atoms with Crippen LogP contribution >= 0.6 is 0 Å². The Morgan fingerprint density at radius 2 is 2.23 bits per heavy atom. The minimum absolute atomic E-state index is 0.145. The molecule has 0 amide bonds. The first kappa shape index (κ1) is 16.6. The van der Waals surface area contributed by atoms with Crippen molar-refractivity contribution in [2.24, 2.45) is 17.8 Å². The number of fused-ring (bicyclic) bond motifs is 4. The van der Waals surface area contributed by atoms with Crippen LogP contribution in [0.15, 0.2) is 18.2 Å². The molecule has 4 nitrogen and oxygen atoms in total. The second kappa shape index (κ2) is 5.74. The van der Waals surface area contributed by atoms with Gasteiger partial charge in [0.1, 0.15) is 5.75 Å². The second-order valence-corrected chi connectivity index (χ2v) is 8.79. The van der Waals surface area contributed by atoms with Gasteiger partial charge < -0.3 is 14.8 Å². The van der Waals surface area contributed by atoms with Crippen LogP contribution in [0, 0.1) is 17.8 Å². The first-order valence-corrected chi connectivity index (χ1v) is 10.2. The summed E-state index contributed by atoms with van der Waals surface area (Å²) < 4.78 is 5.48. The summed E-state index contributed by atoms with van der Waals surface area (Å²) in [5, 5.41) is 12.0. The van der Waals surface area contributed by atoms with E-state index in [4.69, 9.17) is 4.74 Å². The maximum Gasteiger partial charge on any atom is 0.119 e. The largest absolute Gasteiger partial charge is 0.497 e. The predicted octanol–water partition coefficient (Wildman–Crippen LogP) is 3.33. The SMILES string of the molecule is CCC1C(C)C2CN3CCc4c([nH]c5ccc(OC)cc45)C(CO)(C2)C13. The number of methoxy groups -OCH3 is 1. The first-order chi connectivity index (χ1) is 12.6. The average molecular weight is 354 g/mol. The normalized spacial score (nSPS) is 38.2. The number of H-pyrrole nitrogens is 1. The maximum absolute atomic E-state index is 10.7. The van der Waals surface area contributed by atoms with E-state index in [0.717, 1.165) is 31.1 Å². The van der Waals surface area contributed by atoms with Gasteiger partial charge in [0.05, 0.1) is 13.7 Å². The lowest BCUT2D eigenvalue weighted by molar-refractivity contribution is -0.108. The molecular weight excluding hydrogens is 324 g/mol. The van der Waals surface area contributed by atoms with Gasteiger partial charge >= 0.3 is 0 Å². The third-order valence-corrected chi connectivity index (χ3v) is 7.89. The molecule has 1 aromatic heterocycles. The predicted molar refractivity (Wildman–Crippen MR) is 104 cm³/mol. The summed E-state index contributed by atoms with van der Waals surface area (Å²) in [4.78, 5) is 6.46. The molecule has 1 aromatic carbocycles. The minimum atomic E-state index is -0.145. The van der Waals surface area contributed by atoms with Crippen LogP contribution in [-0.4, -0.2) is 47.8 Å². The highest BCUT2D eigenvalue weighted by Gasteiger charge is 2.60. The van der Waals surface area contributed by atoms with Crippen LogP contribution in [0.25, 0.3) is 10.9 Å². The Morgan fingerprint density at radius 1 is 1.38 bits per heavy atom. The van der Waals surface area contributed by atoms with Crippen molar-refractivity contribution in [2.75, 3.05) is 26.8 Å². The van der Waals surface area contributed by atoms with Gasteiger partial charge in [-0.15, -0.1) is 0 Å². The van der Waals surface area contributed by atoms with Crippen LogP contribution in [0.5, 0.6) is 5.75 Å². The zero-order valence-corrected chi connectivity index (χ0v) is 16.1. The molecule has 140 valence electrons. The standard InChI is InChI=1S/C22H30N2O2/c1-4-16-13(2)14-10-22(12-25)20-17(7-8-24(11-14)21(16)22)18-9-15(26-3)5-6-19(18)23-20/h5-6,9,13-14,16,21,23,25H,4,7-8,10-12H2,1-3H3. The van der Waals surface area contributed by atoms with E-state index in [9.17, 15) is 5.11 Å². The summed E-state index contributed by atoms with van der Waals surface area (Å²) in [6.07, 6.45) is 3.36. The molecule has 2 aromatic rings. The Balaban J connectivity index is 1.74. The molecule has 3 fully saturated rings. The Bertz CT molecular complexity index is 844. The van der Waals surface area contributed by atoms with E-state index in [1.54, 1.807) is 7.11 Å². The number of aromatic amines is 1. The number of hydrogen-bond donors (Lipinski definition) is 2. The number of benzene rings is 1. The number of aliphatic hydroxyl groups excluding tert-OH is 1. The van der Waals surface area contributed by atoms with Gasteiger partial charge in [-0.3, -0.25) is 4.90 Å². The molecule has 4 heteroatoms. The van der Waals surface area contributed by atoms with E-state index in [0.29, 0.717) is 17.9 Å². The van der Waals surface area contributed by atoms with Crippen LogP contribution in [0.3, 0.4) is 0 Å². The van der Waals surface area contributed by atoms with E-state index in [2.05, 4.69) is 35.9 Å². The molecule has 6 atom stereocenters. The number of ether oxygens (including phenoxy) is 1. The molecular formula is C22H30N2O2. The first-order valence-electron chi connectivity index (χ1n) is 10.2. The highest BCUT2D eigenvalue weighted by molar-refractivity contribution is 5.87. The van der Waals surface area contributed by atoms with Crippen molar-refractivity contribution in [2.45, 2.75) is 44.6 Å². The molecule has 3 aliphatic heterocycles. The van der Waals surface area contributed by atoms with E-state index >= 15 is 0 Å². The number of nitrogens with zero attached hydrogens (tertiary/aromatic N) is 1. The fourth-order valence-corrected chi connectivity index (χ4v) is 6.69. The topological polar surface area (TPSA) is 48.5 Å². The zero-order chi connectivity index (χ0) is 18.1. The molecule has 1 saturated carbocycles. The average Bonchev–Trinajstić information content (AvgIpc) is 3.01. The Morgan fingerprint density at radius 3 is 2.96 bits per heavy atom. The van der Waals surface area contributed by atoms with Crippen LogP contribution in [-0.2, 0) is 11.8 Å². The van der Waals surface area contributed by atoms with Crippen molar-refractivity contribution in [1.82, 2.24) is 9.88 Å². The zero-order valence-electron chi connectivity index (χ0n) is 16.1. The Hall–Kier alpha value is -1.52. The number of rotatable bonds is 3. The number of piperidine rings is 2. The minimum Gasteiger partial charge on any atom is -0.497 e. The molecule has 6 rings (SSSR count). The molecule has 2 N–H and O–H groups in total. The van der Waals surface area contributed by atoms with Crippen LogP contribution < -0.4 is 4.74 Å². The van der Waals surface area contributed by atoms with Gasteiger partial charge in [-0.2, -0.15) is 0 Å². The molecule has 4 heterocycles. The number of aliphatic hydroxyl groups is 1. The summed E-state index contributed by atoms with van der Waals surface area (Å²) in [5.41, 5.74) is 3.75.